The minimum absolute atomic E-state index is 0.0356. The Morgan fingerprint density at radius 2 is 1.87 bits per heavy atom. The summed E-state index contributed by atoms with van der Waals surface area (Å²) < 4.78 is 0. The van der Waals surface area contributed by atoms with Crippen LogP contribution in [0.2, 0.25) is 0 Å². The zero-order chi connectivity index (χ0) is 16.8. The summed E-state index contributed by atoms with van der Waals surface area (Å²) >= 11 is 0. The fourth-order valence-corrected chi connectivity index (χ4v) is 3.26. The van der Waals surface area contributed by atoms with Crippen molar-refractivity contribution in [1.29, 1.82) is 0 Å². The maximum atomic E-state index is 12.4. The van der Waals surface area contributed by atoms with Gasteiger partial charge in [-0.15, -0.1) is 0 Å². The maximum absolute atomic E-state index is 12.4. The minimum Gasteiger partial charge on any atom is -0.353 e. The molecule has 0 unspecified atom stereocenters. The van der Waals surface area contributed by atoms with Gasteiger partial charge in [0, 0.05) is 6.04 Å². The standard InChI is InChI=1S/C18H27N3O2/c1-12-7-9-14(10-8-12)20-17(22)11-16(21-18(19)23)15-6-4-3-5-13(15)2/h3-6,12,14,16H,7-11H2,1-2H3,(H,20,22)(H3,19,21,23)/t12?,14?,16-/m1/s1. The van der Waals surface area contributed by atoms with Crippen LogP contribution in [0.25, 0.3) is 0 Å². The average Bonchev–Trinajstić information content (AvgIpc) is 2.49. The highest BCUT2D eigenvalue weighted by atomic mass is 16.2. The van der Waals surface area contributed by atoms with Gasteiger partial charge in [-0.3, -0.25) is 4.79 Å². The van der Waals surface area contributed by atoms with Gasteiger partial charge in [0.25, 0.3) is 0 Å². The van der Waals surface area contributed by atoms with Crippen LogP contribution < -0.4 is 16.4 Å². The first kappa shape index (κ1) is 17.3. The summed E-state index contributed by atoms with van der Waals surface area (Å²) in [5.74, 6) is 0.714. The molecule has 1 aromatic carbocycles. The molecule has 1 saturated carbocycles. The SMILES string of the molecule is Cc1ccccc1[C@@H](CC(=O)NC1CCC(C)CC1)NC(N)=O. The number of nitrogens with two attached hydrogens (primary N) is 1. The van der Waals surface area contributed by atoms with Crippen LogP contribution in [-0.4, -0.2) is 18.0 Å². The van der Waals surface area contributed by atoms with Gasteiger partial charge in [0.1, 0.15) is 0 Å². The van der Waals surface area contributed by atoms with E-state index in [1.54, 1.807) is 0 Å². The number of benzene rings is 1. The molecule has 0 aromatic heterocycles. The third kappa shape index (κ3) is 5.27. The molecule has 1 fully saturated rings. The zero-order valence-corrected chi connectivity index (χ0v) is 14.0. The lowest BCUT2D eigenvalue weighted by Crippen LogP contribution is -2.41. The van der Waals surface area contributed by atoms with E-state index in [0.29, 0.717) is 0 Å². The van der Waals surface area contributed by atoms with E-state index in [9.17, 15) is 9.59 Å². The van der Waals surface area contributed by atoms with Gasteiger partial charge < -0.3 is 16.4 Å². The molecule has 0 spiro atoms. The Morgan fingerprint density at radius 1 is 1.22 bits per heavy atom. The van der Waals surface area contributed by atoms with Crippen molar-refractivity contribution in [1.82, 2.24) is 10.6 Å². The number of hydrogen-bond acceptors (Lipinski definition) is 2. The summed E-state index contributed by atoms with van der Waals surface area (Å²) in [5, 5.41) is 5.79. The predicted octanol–water partition coefficient (Wildman–Crippen LogP) is 2.79. The summed E-state index contributed by atoms with van der Waals surface area (Å²) in [6.45, 7) is 4.22. The molecule has 4 N–H and O–H groups in total. The van der Waals surface area contributed by atoms with Gasteiger partial charge in [0.05, 0.1) is 12.5 Å². The maximum Gasteiger partial charge on any atom is 0.312 e. The number of urea groups is 1. The Hall–Kier alpha value is -2.04. The highest BCUT2D eigenvalue weighted by Gasteiger charge is 2.23. The lowest BCUT2D eigenvalue weighted by atomic mass is 9.87. The van der Waals surface area contributed by atoms with Crippen LogP contribution in [0.15, 0.2) is 24.3 Å². The van der Waals surface area contributed by atoms with Crippen LogP contribution >= 0.6 is 0 Å². The van der Waals surface area contributed by atoms with Crippen LogP contribution in [0.4, 0.5) is 4.79 Å². The topological polar surface area (TPSA) is 84.2 Å². The van der Waals surface area contributed by atoms with E-state index in [1.165, 1.54) is 0 Å². The van der Waals surface area contributed by atoms with Crippen molar-refractivity contribution in [2.75, 3.05) is 0 Å². The summed E-state index contributed by atoms with van der Waals surface area (Å²) in [6, 6.07) is 6.97. The molecular weight excluding hydrogens is 290 g/mol. The summed E-state index contributed by atoms with van der Waals surface area (Å²) in [5.41, 5.74) is 7.24. The van der Waals surface area contributed by atoms with Crippen molar-refractivity contribution >= 4 is 11.9 Å². The molecule has 1 atom stereocenters. The molecule has 126 valence electrons. The number of nitrogens with one attached hydrogen (secondary N) is 2. The first-order chi connectivity index (χ1) is 11.0. The van der Waals surface area contributed by atoms with Gasteiger partial charge in [0.2, 0.25) is 5.91 Å². The molecule has 1 aliphatic rings. The summed E-state index contributed by atoms with van der Waals surface area (Å²) in [6.07, 6.45) is 4.59. The van der Waals surface area contributed by atoms with Gasteiger partial charge >= 0.3 is 6.03 Å². The third-order valence-electron chi connectivity index (χ3n) is 4.65. The molecule has 1 aromatic rings. The molecule has 5 nitrogen and oxygen atoms in total. The summed E-state index contributed by atoms with van der Waals surface area (Å²) in [7, 11) is 0. The molecule has 0 saturated heterocycles. The van der Waals surface area contributed by atoms with Crippen molar-refractivity contribution in [3.05, 3.63) is 35.4 Å². The van der Waals surface area contributed by atoms with Gasteiger partial charge in [-0.25, -0.2) is 4.79 Å². The Kier molecular flexibility index (Phi) is 6.02. The van der Waals surface area contributed by atoms with Crippen LogP contribution in [-0.2, 0) is 4.79 Å². The van der Waals surface area contributed by atoms with E-state index in [2.05, 4.69) is 17.6 Å². The fourth-order valence-electron chi connectivity index (χ4n) is 3.26. The number of aryl methyl sites for hydroxylation is 1. The van der Waals surface area contributed by atoms with Crippen molar-refractivity contribution in [3.8, 4) is 0 Å². The monoisotopic (exact) mass is 317 g/mol. The van der Waals surface area contributed by atoms with E-state index in [4.69, 9.17) is 5.73 Å². The Labute approximate surface area is 138 Å². The number of amides is 3. The third-order valence-corrected chi connectivity index (χ3v) is 4.65. The lowest BCUT2D eigenvalue weighted by molar-refractivity contribution is -0.122. The van der Waals surface area contributed by atoms with Crippen LogP contribution in [0, 0.1) is 12.8 Å². The first-order valence-corrected chi connectivity index (χ1v) is 8.36. The Bertz CT molecular complexity index is 551. The van der Waals surface area contributed by atoms with Crippen LogP contribution in [0.3, 0.4) is 0 Å². The Morgan fingerprint density at radius 3 is 2.48 bits per heavy atom. The van der Waals surface area contributed by atoms with Gasteiger partial charge in [-0.1, -0.05) is 31.2 Å². The fraction of sp³-hybridized carbons (Fsp3) is 0.556. The van der Waals surface area contributed by atoms with Crippen LogP contribution in [0.5, 0.6) is 0 Å². The average molecular weight is 317 g/mol. The molecule has 0 radical (unpaired) electrons. The number of carbonyl (C=O) groups excluding carboxylic acids is 2. The summed E-state index contributed by atoms with van der Waals surface area (Å²) in [4.78, 5) is 23.6. The van der Waals surface area contributed by atoms with Crippen molar-refractivity contribution < 1.29 is 9.59 Å². The van der Waals surface area contributed by atoms with E-state index >= 15 is 0 Å². The molecular formula is C18H27N3O2. The van der Waals surface area contributed by atoms with E-state index in [-0.39, 0.29) is 18.4 Å². The van der Waals surface area contributed by atoms with E-state index < -0.39 is 12.1 Å². The molecule has 1 aliphatic carbocycles. The number of rotatable bonds is 5. The minimum atomic E-state index is -0.613. The zero-order valence-electron chi connectivity index (χ0n) is 14.0. The molecule has 5 heteroatoms. The second-order valence-corrected chi connectivity index (χ2v) is 6.65. The van der Waals surface area contributed by atoms with E-state index in [1.807, 2.05) is 31.2 Å². The molecule has 3 amide bonds. The largest absolute Gasteiger partial charge is 0.353 e. The lowest BCUT2D eigenvalue weighted by Gasteiger charge is -2.28. The van der Waals surface area contributed by atoms with Gasteiger partial charge in [-0.2, -0.15) is 0 Å². The highest BCUT2D eigenvalue weighted by Crippen LogP contribution is 2.24. The first-order valence-electron chi connectivity index (χ1n) is 8.36. The molecule has 0 bridgehead atoms. The van der Waals surface area contributed by atoms with Crippen molar-refractivity contribution in [2.24, 2.45) is 11.7 Å². The second-order valence-electron chi connectivity index (χ2n) is 6.65. The normalized spacial score (nSPS) is 22.2. The van der Waals surface area contributed by atoms with Crippen LogP contribution in [0.1, 0.15) is 56.2 Å². The number of primary amides is 1. The van der Waals surface area contributed by atoms with Crippen molar-refractivity contribution in [3.63, 3.8) is 0 Å². The van der Waals surface area contributed by atoms with Crippen molar-refractivity contribution in [2.45, 2.75) is 58.0 Å². The molecule has 0 heterocycles. The molecule has 23 heavy (non-hydrogen) atoms. The number of carbonyl (C=O) groups is 2. The predicted molar refractivity (Wildman–Crippen MR) is 90.8 cm³/mol. The number of hydrogen-bond donors (Lipinski definition) is 3. The smallest absolute Gasteiger partial charge is 0.312 e. The van der Waals surface area contributed by atoms with Gasteiger partial charge in [0.15, 0.2) is 0 Å². The molecule has 2 rings (SSSR count). The quantitative estimate of drug-likeness (QED) is 0.780. The Balaban J connectivity index is 1.98. The highest BCUT2D eigenvalue weighted by molar-refractivity contribution is 5.79. The van der Waals surface area contributed by atoms with E-state index in [0.717, 1.165) is 42.7 Å². The van der Waals surface area contributed by atoms with Gasteiger partial charge in [-0.05, 0) is 49.7 Å². The second kappa shape index (κ2) is 7.99. The molecule has 0 aliphatic heterocycles.